The second-order valence-electron chi connectivity index (χ2n) is 10.2. The summed E-state index contributed by atoms with van der Waals surface area (Å²) in [7, 11) is 0. The van der Waals surface area contributed by atoms with Gasteiger partial charge < -0.3 is 20.5 Å². The number of para-hydroxylation sites is 1. The van der Waals surface area contributed by atoms with E-state index in [4.69, 9.17) is 4.74 Å². The molecule has 0 saturated carbocycles. The summed E-state index contributed by atoms with van der Waals surface area (Å²) in [6, 6.07) is 19.5. The van der Waals surface area contributed by atoms with Gasteiger partial charge >= 0.3 is 0 Å². The summed E-state index contributed by atoms with van der Waals surface area (Å²) in [5.41, 5.74) is 3.33. The number of rotatable bonds is 14. The zero-order valence-electron chi connectivity index (χ0n) is 23.5. The van der Waals surface area contributed by atoms with Crippen molar-refractivity contribution in [1.82, 2.24) is 15.6 Å². The monoisotopic (exact) mass is 561 g/mol. The number of hydrogen-bond donors (Lipinski definition) is 3. The third-order valence-corrected chi connectivity index (χ3v) is 6.91. The Morgan fingerprint density at radius 3 is 2.46 bits per heavy atom. The fraction of sp³-hybridized carbons (Fsp3) is 0.333. The third kappa shape index (κ3) is 8.55. The lowest BCUT2D eigenvalue weighted by atomic mass is 10.00. The van der Waals surface area contributed by atoms with Gasteiger partial charge in [-0.25, -0.2) is 13.8 Å². The van der Waals surface area contributed by atoms with Gasteiger partial charge in [-0.15, -0.1) is 0 Å². The summed E-state index contributed by atoms with van der Waals surface area (Å²) in [4.78, 5) is 18.0. The molecule has 4 aromatic rings. The van der Waals surface area contributed by atoms with E-state index in [0.717, 1.165) is 36.3 Å². The normalized spacial score (nSPS) is 12.7. The molecular formula is C33H37F2N3O3. The first-order chi connectivity index (χ1) is 19.9. The largest absolute Gasteiger partial charge is 0.493 e. The molecule has 0 radical (unpaired) electrons. The molecule has 0 unspecified atom stereocenters. The molecule has 0 fully saturated rings. The Balaban J connectivity index is 1.54. The lowest BCUT2D eigenvalue weighted by molar-refractivity contribution is 0.0825. The van der Waals surface area contributed by atoms with E-state index < -0.39 is 29.7 Å². The highest BCUT2D eigenvalue weighted by molar-refractivity contribution is 5.97. The molecule has 2 atom stereocenters. The molecule has 3 N–H and O–H groups in total. The highest BCUT2D eigenvalue weighted by Crippen LogP contribution is 2.26. The van der Waals surface area contributed by atoms with Gasteiger partial charge in [0.15, 0.2) is 0 Å². The van der Waals surface area contributed by atoms with E-state index in [0.29, 0.717) is 30.0 Å². The number of aromatic nitrogens is 1. The summed E-state index contributed by atoms with van der Waals surface area (Å²) in [5.74, 6) is -1.42. The fourth-order valence-electron chi connectivity index (χ4n) is 4.68. The number of benzene rings is 3. The number of amides is 1. The molecule has 3 aromatic carbocycles. The first-order valence-corrected chi connectivity index (χ1v) is 14.1. The Morgan fingerprint density at radius 1 is 0.951 bits per heavy atom. The topological polar surface area (TPSA) is 83.5 Å². The molecule has 1 aromatic heterocycles. The van der Waals surface area contributed by atoms with E-state index in [1.54, 1.807) is 12.1 Å². The van der Waals surface area contributed by atoms with Crippen molar-refractivity contribution in [3.05, 3.63) is 107 Å². The minimum Gasteiger partial charge on any atom is -0.493 e. The molecule has 0 saturated heterocycles. The number of nitrogens with one attached hydrogen (secondary N) is 2. The predicted octanol–water partition coefficient (Wildman–Crippen LogP) is 5.75. The van der Waals surface area contributed by atoms with Gasteiger partial charge in [-0.2, -0.15) is 0 Å². The zero-order valence-corrected chi connectivity index (χ0v) is 23.5. The first-order valence-electron chi connectivity index (χ1n) is 14.1. The van der Waals surface area contributed by atoms with Crippen LogP contribution in [0.4, 0.5) is 8.78 Å². The average molecular weight is 562 g/mol. The minimum absolute atomic E-state index is 0.0159. The number of carbonyl (C=O) groups is 1. The van der Waals surface area contributed by atoms with Gasteiger partial charge in [0.05, 0.1) is 24.3 Å². The van der Waals surface area contributed by atoms with Gasteiger partial charge in [0.1, 0.15) is 23.1 Å². The van der Waals surface area contributed by atoms with Crippen LogP contribution in [0.15, 0.2) is 72.8 Å². The van der Waals surface area contributed by atoms with Crippen LogP contribution < -0.4 is 15.4 Å². The van der Waals surface area contributed by atoms with Crippen LogP contribution in [0.1, 0.15) is 53.9 Å². The van der Waals surface area contributed by atoms with Crippen molar-refractivity contribution < 1.29 is 23.4 Å². The number of halogens is 2. The van der Waals surface area contributed by atoms with Crippen molar-refractivity contribution in [1.29, 1.82) is 0 Å². The zero-order chi connectivity index (χ0) is 29.2. The van der Waals surface area contributed by atoms with Crippen LogP contribution in [0.25, 0.3) is 10.9 Å². The number of aryl methyl sites for hydroxylation is 1. The summed E-state index contributed by atoms with van der Waals surface area (Å²) in [6.07, 6.45) is 1.71. The number of pyridine rings is 1. The molecule has 1 amide bonds. The molecule has 41 heavy (non-hydrogen) atoms. The van der Waals surface area contributed by atoms with Crippen LogP contribution in [0.3, 0.4) is 0 Å². The quantitative estimate of drug-likeness (QED) is 0.171. The Hall–Kier alpha value is -3.88. The maximum atomic E-state index is 14.0. The van der Waals surface area contributed by atoms with Gasteiger partial charge in [0.25, 0.3) is 5.91 Å². The van der Waals surface area contributed by atoms with Crippen molar-refractivity contribution in [2.24, 2.45) is 0 Å². The molecule has 0 bridgehead atoms. The Kier molecular flexibility index (Phi) is 10.8. The molecule has 0 aliphatic carbocycles. The second kappa shape index (κ2) is 14.7. The summed E-state index contributed by atoms with van der Waals surface area (Å²) < 4.78 is 33.9. The van der Waals surface area contributed by atoms with Crippen LogP contribution in [0.5, 0.6) is 5.75 Å². The summed E-state index contributed by atoms with van der Waals surface area (Å²) >= 11 is 0. The molecular weight excluding hydrogens is 524 g/mol. The maximum absolute atomic E-state index is 14.0. The van der Waals surface area contributed by atoms with Gasteiger partial charge in [0, 0.05) is 30.6 Å². The summed E-state index contributed by atoms with van der Waals surface area (Å²) in [5, 5.41) is 18.0. The second-order valence-corrected chi connectivity index (χ2v) is 10.2. The van der Waals surface area contributed by atoms with Gasteiger partial charge in [-0.3, -0.25) is 4.79 Å². The molecule has 6 nitrogen and oxygen atoms in total. The van der Waals surface area contributed by atoms with E-state index in [9.17, 15) is 18.7 Å². The molecule has 0 spiro atoms. The van der Waals surface area contributed by atoms with E-state index in [2.05, 4.69) is 41.6 Å². The van der Waals surface area contributed by atoms with Crippen molar-refractivity contribution in [2.75, 3.05) is 13.2 Å². The molecule has 0 aliphatic heterocycles. The maximum Gasteiger partial charge on any atom is 0.270 e. The number of carbonyl (C=O) groups excluding carboxylic acids is 1. The molecule has 216 valence electrons. The highest BCUT2D eigenvalue weighted by Gasteiger charge is 2.24. The Labute approximate surface area is 239 Å². The molecule has 4 rings (SSSR count). The number of fused-ring (bicyclic) bond motifs is 1. The minimum atomic E-state index is -1.06. The van der Waals surface area contributed by atoms with Crippen molar-refractivity contribution in [3.63, 3.8) is 0 Å². The van der Waals surface area contributed by atoms with E-state index >= 15 is 0 Å². The van der Waals surface area contributed by atoms with Crippen molar-refractivity contribution in [2.45, 2.75) is 58.2 Å². The van der Waals surface area contributed by atoms with E-state index in [1.165, 1.54) is 17.7 Å². The van der Waals surface area contributed by atoms with Crippen molar-refractivity contribution >= 4 is 16.8 Å². The Morgan fingerprint density at radius 2 is 1.71 bits per heavy atom. The molecule has 1 heterocycles. The number of ether oxygens (including phenoxy) is 1. The van der Waals surface area contributed by atoms with Crippen LogP contribution in [-0.4, -0.2) is 41.3 Å². The number of unbranched alkanes of at least 4 members (excludes halogenated alkanes) is 1. The highest BCUT2D eigenvalue weighted by atomic mass is 19.1. The first kappa shape index (κ1) is 30.1. The average Bonchev–Trinajstić information content (AvgIpc) is 2.96. The SMILES string of the molecule is CCCCOc1cc(C(=O)N[C@@H](Cc2cc(F)cc(F)c2)[C@@H](O)CNCc2cccc(CC)c2)nc2ccccc12. The lowest BCUT2D eigenvalue weighted by Crippen LogP contribution is -2.48. The molecule has 8 heteroatoms. The van der Waals surface area contributed by atoms with Gasteiger partial charge in [-0.1, -0.05) is 56.7 Å². The number of aliphatic hydroxyl groups is 1. The predicted molar refractivity (Wildman–Crippen MR) is 157 cm³/mol. The number of hydrogen-bond acceptors (Lipinski definition) is 5. The van der Waals surface area contributed by atoms with Crippen molar-refractivity contribution in [3.8, 4) is 5.75 Å². The fourth-order valence-corrected chi connectivity index (χ4v) is 4.68. The third-order valence-electron chi connectivity index (χ3n) is 6.91. The van der Waals surface area contributed by atoms with Crippen LogP contribution >= 0.6 is 0 Å². The van der Waals surface area contributed by atoms with Crippen LogP contribution in [-0.2, 0) is 19.4 Å². The van der Waals surface area contributed by atoms with Gasteiger partial charge in [-0.05, 0) is 60.2 Å². The lowest BCUT2D eigenvalue weighted by Gasteiger charge is -2.25. The molecule has 0 aliphatic rings. The van der Waals surface area contributed by atoms with Crippen LogP contribution in [0.2, 0.25) is 0 Å². The summed E-state index contributed by atoms with van der Waals surface area (Å²) in [6.45, 7) is 5.33. The Bertz CT molecular complexity index is 1440. The smallest absolute Gasteiger partial charge is 0.270 e. The van der Waals surface area contributed by atoms with E-state index in [1.807, 2.05) is 30.3 Å². The van der Waals surface area contributed by atoms with E-state index in [-0.39, 0.29) is 18.7 Å². The van der Waals surface area contributed by atoms with Gasteiger partial charge in [0.2, 0.25) is 0 Å². The number of aliphatic hydroxyl groups excluding tert-OH is 1. The standard InChI is InChI=1S/C33H37F2N3O3/c1-3-5-13-41-32-19-30(37-28-12-7-6-11-27(28)32)33(40)38-29(17-24-15-25(34)18-26(35)16-24)31(39)21-36-20-23-10-8-9-22(4-2)14-23/h6-12,14-16,18-19,29,31,36,39H,3-5,13,17,20-21H2,1-2H3,(H,38,40)/t29-,31-/m0/s1. The van der Waals surface area contributed by atoms with Crippen LogP contribution in [0, 0.1) is 11.6 Å². The number of nitrogens with zero attached hydrogens (tertiary/aromatic N) is 1.